The van der Waals surface area contributed by atoms with Crippen LogP contribution >= 0.6 is 0 Å². The lowest BCUT2D eigenvalue weighted by Gasteiger charge is -2.29. The van der Waals surface area contributed by atoms with Crippen molar-refractivity contribution in [1.29, 1.82) is 0 Å². The molecule has 2 atom stereocenters. The number of nitrogens with one attached hydrogen (secondary N) is 1. The lowest BCUT2D eigenvalue weighted by molar-refractivity contribution is 0.0243. The molecule has 3 nitrogen and oxygen atoms in total. The van der Waals surface area contributed by atoms with Gasteiger partial charge < -0.3 is 15.2 Å². The van der Waals surface area contributed by atoms with Gasteiger partial charge in [-0.3, -0.25) is 0 Å². The summed E-state index contributed by atoms with van der Waals surface area (Å²) in [5.41, 5.74) is 2.06. The number of halogens is 1. The molecule has 1 aliphatic heterocycles. The Hall–Kier alpha value is -1.91. The van der Waals surface area contributed by atoms with E-state index in [-0.39, 0.29) is 11.9 Å². The largest absolute Gasteiger partial charge is 0.487 e. The first kappa shape index (κ1) is 15.0. The first-order valence-corrected chi connectivity index (χ1v) is 7.60. The summed E-state index contributed by atoms with van der Waals surface area (Å²) in [5, 5.41) is 13.5. The van der Waals surface area contributed by atoms with Crippen molar-refractivity contribution in [3.05, 3.63) is 65.5 Å². The zero-order valence-corrected chi connectivity index (χ0v) is 12.3. The van der Waals surface area contributed by atoms with Gasteiger partial charge in [0, 0.05) is 13.1 Å². The van der Waals surface area contributed by atoms with Gasteiger partial charge in [-0.05, 0) is 42.2 Å². The average molecular weight is 301 g/mol. The lowest BCUT2D eigenvalue weighted by atomic mass is 9.99. The summed E-state index contributed by atoms with van der Waals surface area (Å²) in [7, 11) is 0. The highest BCUT2D eigenvalue weighted by Crippen LogP contribution is 2.29. The van der Waals surface area contributed by atoms with Gasteiger partial charge in [0.15, 0.2) is 0 Å². The third-order valence-electron chi connectivity index (χ3n) is 3.95. The van der Waals surface area contributed by atoms with E-state index in [4.69, 9.17) is 4.74 Å². The molecule has 2 aromatic rings. The van der Waals surface area contributed by atoms with Gasteiger partial charge in [0.05, 0.1) is 0 Å². The summed E-state index contributed by atoms with van der Waals surface area (Å²) in [4.78, 5) is 0. The summed E-state index contributed by atoms with van der Waals surface area (Å²) in [5.74, 6) is 0.436. The van der Waals surface area contributed by atoms with E-state index in [1.54, 1.807) is 6.07 Å². The predicted molar refractivity (Wildman–Crippen MR) is 83.3 cm³/mol. The molecule has 0 aromatic heterocycles. The fraction of sp³-hybridized carbons (Fsp3) is 0.333. The van der Waals surface area contributed by atoms with E-state index in [9.17, 15) is 9.50 Å². The Morgan fingerprint density at radius 2 is 2.05 bits per heavy atom. The van der Waals surface area contributed by atoms with E-state index in [1.165, 1.54) is 17.7 Å². The molecule has 0 spiro atoms. The molecule has 2 aromatic carbocycles. The van der Waals surface area contributed by atoms with Gasteiger partial charge in [-0.15, -0.1) is 0 Å². The van der Waals surface area contributed by atoms with Crippen molar-refractivity contribution in [3.8, 4) is 5.75 Å². The molecule has 116 valence electrons. The van der Waals surface area contributed by atoms with Crippen molar-refractivity contribution in [2.45, 2.75) is 31.6 Å². The standard InChI is InChI=1S/C18H20FNO2/c19-15-7-9-17-14(10-15)6-8-18(22-17)16(21)12-20-11-13-4-2-1-3-5-13/h1-5,7,9-10,16,18,20-21H,6,8,11-12H2. The summed E-state index contributed by atoms with van der Waals surface area (Å²) in [6.07, 6.45) is 0.598. The van der Waals surface area contributed by atoms with E-state index < -0.39 is 6.10 Å². The van der Waals surface area contributed by atoms with Gasteiger partial charge in [0.2, 0.25) is 0 Å². The van der Waals surface area contributed by atoms with Gasteiger partial charge in [-0.1, -0.05) is 30.3 Å². The number of aliphatic hydroxyl groups is 1. The van der Waals surface area contributed by atoms with Crippen LogP contribution in [0, 0.1) is 5.82 Å². The maximum atomic E-state index is 13.2. The molecular weight excluding hydrogens is 281 g/mol. The fourth-order valence-electron chi connectivity index (χ4n) is 2.74. The molecule has 0 amide bonds. The third kappa shape index (κ3) is 3.64. The minimum Gasteiger partial charge on any atom is -0.487 e. The molecule has 0 bridgehead atoms. The fourth-order valence-corrected chi connectivity index (χ4v) is 2.74. The minimum atomic E-state index is -0.582. The molecule has 4 heteroatoms. The monoisotopic (exact) mass is 301 g/mol. The highest BCUT2D eigenvalue weighted by atomic mass is 19.1. The molecule has 2 unspecified atom stereocenters. The number of aliphatic hydroxyl groups excluding tert-OH is 1. The van der Waals surface area contributed by atoms with E-state index in [0.29, 0.717) is 25.3 Å². The van der Waals surface area contributed by atoms with Crippen LogP contribution in [-0.4, -0.2) is 23.9 Å². The van der Waals surface area contributed by atoms with Crippen molar-refractivity contribution >= 4 is 0 Å². The van der Waals surface area contributed by atoms with Gasteiger partial charge in [-0.2, -0.15) is 0 Å². The maximum absolute atomic E-state index is 13.2. The van der Waals surface area contributed by atoms with Gasteiger partial charge >= 0.3 is 0 Å². The van der Waals surface area contributed by atoms with Gasteiger partial charge in [0.1, 0.15) is 23.8 Å². The third-order valence-corrected chi connectivity index (χ3v) is 3.95. The Kier molecular flexibility index (Phi) is 4.71. The second-order valence-electron chi connectivity index (χ2n) is 5.63. The number of ether oxygens (including phenoxy) is 1. The molecule has 0 saturated carbocycles. The Bertz CT molecular complexity index is 618. The number of hydrogen-bond acceptors (Lipinski definition) is 3. The van der Waals surface area contributed by atoms with Crippen LogP contribution in [0.3, 0.4) is 0 Å². The Morgan fingerprint density at radius 1 is 1.23 bits per heavy atom. The van der Waals surface area contributed by atoms with Crippen molar-refractivity contribution in [2.24, 2.45) is 0 Å². The molecule has 0 aliphatic carbocycles. The summed E-state index contributed by atoms with van der Waals surface area (Å²) >= 11 is 0. The van der Waals surface area contributed by atoms with E-state index in [2.05, 4.69) is 5.32 Å². The Balaban J connectivity index is 1.51. The molecule has 1 heterocycles. The van der Waals surface area contributed by atoms with E-state index in [0.717, 1.165) is 12.0 Å². The van der Waals surface area contributed by atoms with Crippen LogP contribution in [0.4, 0.5) is 4.39 Å². The molecule has 3 rings (SSSR count). The van der Waals surface area contributed by atoms with Gasteiger partial charge in [-0.25, -0.2) is 4.39 Å². The first-order chi connectivity index (χ1) is 10.7. The Morgan fingerprint density at radius 3 is 2.86 bits per heavy atom. The number of benzene rings is 2. The van der Waals surface area contributed by atoms with Crippen LogP contribution in [0.1, 0.15) is 17.5 Å². The first-order valence-electron chi connectivity index (χ1n) is 7.60. The smallest absolute Gasteiger partial charge is 0.126 e. The summed E-state index contributed by atoms with van der Waals surface area (Å²) in [6.45, 7) is 1.18. The van der Waals surface area contributed by atoms with Gasteiger partial charge in [0.25, 0.3) is 0 Å². The van der Waals surface area contributed by atoms with Crippen LogP contribution in [0.25, 0.3) is 0 Å². The van der Waals surface area contributed by atoms with Crippen LogP contribution in [0.15, 0.2) is 48.5 Å². The molecule has 0 radical (unpaired) electrons. The van der Waals surface area contributed by atoms with Crippen LogP contribution in [-0.2, 0) is 13.0 Å². The topological polar surface area (TPSA) is 41.5 Å². The quantitative estimate of drug-likeness (QED) is 0.892. The summed E-state index contributed by atoms with van der Waals surface area (Å²) in [6, 6.07) is 14.6. The zero-order valence-electron chi connectivity index (χ0n) is 12.3. The van der Waals surface area contributed by atoms with Crippen molar-refractivity contribution in [3.63, 3.8) is 0 Å². The number of fused-ring (bicyclic) bond motifs is 1. The highest BCUT2D eigenvalue weighted by Gasteiger charge is 2.26. The van der Waals surface area contributed by atoms with E-state index >= 15 is 0 Å². The second-order valence-corrected chi connectivity index (χ2v) is 5.63. The van der Waals surface area contributed by atoms with Crippen LogP contribution in [0.2, 0.25) is 0 Å². The Labute approximate surface area is 129 Å². The average Bonchev–Trinajstić information content (AvgIpc) is 2.55. The SMILES string of the molecule is OC(CNCc1ccccc1)C1CCc2cc(F)ccc2O1. The summed E-state index contributed by atoms with van der Waals surface area (Å²) < 4.78 is 19.0. The molecule has 1 aliphatic rings. The second kappa shape index (κ2) is 6.90. The molecule has 0 fully saturated rings. The molecular formula is C18H20FNO2. The van der Waals surface area contributed by atoms with Crippen molar-refractivity contribution in [2.75, 3.05) is 6.54 Å². The highest BCUT2D eigenvalue weighted by molar-refractivity contribution is 5.36. The van der Waals surface area contributed by atoms with Crippen molar-refractivity contribution < 1.29 is 14.2 Å². The van der Waals surface area contributed by atoms with Crippen molar-refractivity contribution in [1.82, 2.24) is 5.32 Å². The molecule has 22 heavy (non-hydrogen) atoms. The zero-order chi connectivity index (χ0) is 15.4. The predicted octanol–water partition coefficient (Wildman–Crippen LogP) is 2.67. The van der Waals surface area contributed by atoms with Crippen LogP contribution in [0.5, 0.6) is 5.75 Å². The van der Waals surface area contributed by atoms with Crippen LogP contribution < -0.4 is 10.1 Å². The van der Waals surface area contributed by atoms with E-state index in [1.807, 2.05) is 30.3 Å². The molecule has 0 saturated heterocycles. The minimum absolute atomic E-state index is 0.245. The molecule has 2 N–H and O–H groups in total. The number of rotatable bonds is 5. The normalized spacial score (nSPS) is 18.4. The number of hydrogen-bond donors (Lipinski definition) is 2. The number of aryl methyl sites for hydroxylation is 1. The maximum Gasteiger partial charge on any atom is 0.126 e. The lowest BCUT2D eigenvalue weighted by Crippen LogP contribution is -2.41.